The number of unbranched alkanes of at least 4 members (excludes halogenated alkanes) is 1. The van der Waals surface area contributed by atoms with Crippen LogP contribution in [0.3, 0.4) is 0 Å². The third-order valence-electron chi connectivity index (χ3n) is 1.81. The van der Waals surface area contributed by atoms with E-state index in [0.717, 1.165) is 19.3 Å². The van der Waals surface area contributed by atoms with Gasteiger partial charge in [0.1, 0.15) is 0 Å². The minimum atomic E-state index is 0.451. The van der Waals surface area contributed by atoms with Crippen LogP contribution in [-0.4, -0.2) is 6.54 Å². The van der Waals surface area contributed by atoms with E-state index in [9.17, 15) is 4.91 Å². The third-order valence-corrected chi connectivity index (χ3v) is 1.81. The number of nitroso groups, excluding NO2 is 1. The molecule has 0 saturated heterocycles. The van der Waals surface area contributed by atoms with E-state index in [1.807, 2.05) is 18.2 Å². The lowest BCUT2D eigenvalue weighted by atomic mass is 10.1. The first-order chi connectivity index (χ1) is 5.93. The highest BCUT2D eigenvalue weighted by molar-refractivity contribution is 5.14. The molecule has 0 saturated carbocycles. The molecule has 1 aromatic rings. The van der Waals surface area contributed by atoms with E-state index in [4.69, 9.17) is 0 Å². The maximum atomic E-state index is 9.77. The van der Waals surface area contributed by atoms with Crippen LogP contribution in [0.4, 0.5) is 0 Å². The zero-order valence-corrected chi connectivity index (χ0v) is 7.07. The summed E-state index contributed by atoms with van der Waals surface area (Å²) in [6, 6.07) is 10.3. The first-order valence-electron chi connectivity index (χ1n) is 4.26. The monoisotopic (exact) mass is 163 g/mol. The maximum Gasteiger partial charge on any atom is 0.0811 e. The number of hydrogen-bond donors (Lipinski definition) is 0. The smallest absolute Gasteiger partial charge is 0.0811 e. The number of benzene rings is 1. The predicted molar refractivity (Wildman–Crippen MR) is 50.0 cm³/mol. The topological polar surface area (TPSA) is 29.4 Å². The van der Waals surface area contributed by atoms with Gasteiger partial charge in [-0.25, -0.2) is 0 Å². The highest BCUT2D eigenvalue weighted by Crippen LogP contribution is 2.03. The van der Waals surface area contributed by atoms with Gasteiger partial charge in [0.05, 0.1) is 6.54 Å². The molecule has 1 rings (SSSR count). The van der Waals surface area contributed by atoms with Crippen LogP contribution in [0.1, 0.15) is 18.4 Å². The summed E-state index contributed by atoms with van der Waals surface area (Å²) in [6.07, 6.45) is 3.00. The summed E-state index contributed by atoms with van der Waals surface area (Å²) in [5.74, 6) is 0. The number of nitrogens with zero attached hydrogens (tertiary/aromatic N) is 1. The van der Waals surface area contributed by atoms with Crippen LogP contribution in [-0.2, 0) is 6.42 Å². The molecule has 0 atom stereocenters. The van der Waals surface area contributed by atoms with Gasteiger partial charge in [-0.3, -0.25) is 0 Å². The van der Waals surface area contributed by atoms with Gasteiger partial charge in [0, 0.05) is 0 Å². The zero-order chi connectivity index (χ0) is 8.65. The van der Waals surface area contributed by atoms with Gasteiger partial charge < -0.3 is 0 Å². The Kier molecular flexibility index (Phi) is 4.06. The molecular weight excluding hydrogens is 150 g/mol. The Bertz CT molecular complexity index is 221. The van der Waals surface area contributed by atoms with Gasteiger partial charge in [0.2, 0.25) is 0 Å². The lowest BCUT2D eigenvalue weighted by Crippen LogP contribution is -1.86. The van der Waals surface area contributed by atoms with Crippen molar-refractivity contribution in [1.29, 1.82) is 0 Å². The average molecular weight is 163 g/mol. The van der Waals surface area contributed by atoms with E-state index in [2.05, 4.69) is 17.3 Å². The van der Waals surface area contributed by atoms with Crippen molar-refractivity contribution in [2.45, 2.75) is 19.3 Å². The Hall–Kier alpha value is -1.18. The Labute approximate surface area is 72.6 Å². The second-order valence-corrected chi connectivity index (χ2v) is 2.80. The second kappa shape index (κ2) is 5.47. The van der Waals surface area contributed by atoms with Crippen LogP contribution in [0.2, 0.25) is 0 Å². The van der Waals surface area contributed by atoms with Gasteiger partial charge in [0.15, 0.2) is 0 Å². The maximum absolute atomic E-state index is 9.77. The van der Waals surface area contributed by atoms with E-state index in [1.54, 1.807) is 0 Å². The van der Waals surface area contributed by atoms with Crippen molar-refractivity contribution in [1.82, 2.24) is 0 Å². The van der Waals surface area contributed by atoms with Crippen LogP contribution >= 0.6 is 0 Å². The zero-order valence-electron chi connectivity index (χ0n) is 7.07. The van der Waals surface area contributed by atoms with E-state index < -0.39 is 0 Å². The Balaban J connectivity index is 2.20. The Morgan fingerprint density at radius 3 is 2.50 bits per heavy atom. The van der Waals surface area contributed by atoms with E-state index in [-0.39, 0.29) is 0 Å². The SMILES string of the molecule is O=NCCCCc1ccccc1. The van der Waals surface area contributed by atoms with Crippen LogP contribution in [0.5, 0.6) is 0 Å². The molecule has 0 heterocycles. The molecule has 64 valence electrons. The molecule has 0 aliphatic carbocycles. The Morgan fingerprint density at radius 2 is 1.83 bits per heavy atom. The number of rotatable bonds is 5. The third kappa shape index (κ3) is 3.28. The summed E-state index contributed by atoms with van der Waals surface area (Å²) < 4.78 is 0. The number of aryl methyl sites for hydroxylation is 1. The molecule has 0 aromatic heterocycles. The van der Waals surface area contributed by atoms with E-state index >= 15 is 0 Å². The highest BCUT2D eigenvalue weighted by atomic mass is 16.3. The van der Waals surface area contributed by atoms with Gasteiger partial charge in [0.25, 0.3) is 0 Å². The first kappa shape index (κ1) is 8.91. The molecule has 0 fully saturated rings. The number of hydrogen-bond acceptors (Lipinski definition) is 2. The van der Waals surface area contributed by atoms with Crippen LogP contribution in [0.25, 0.3) is 0 Å². The lowest BCUT2D eigenvalue weighted by Gasteiger charge is -1.97. The summed E-state index contributed by atoms with van der Waals surface area (Å²) in [4.78, 5) is 9.77. The van der Waals surface area contributed by atoms with Crippen molar-refractivity contribution in [2.24, 2.45) is 5.18 Å². The molecule has 2 nitrogen and oxygen atoms in total. The summed E-state index contributed by atoms with van der Waals surface area (Å²) in [6.45, 7) is 0.451. The van der Waals surface area contributed by atoms with Crippen molar-refractivity contribution < 1.29 is 0 Å². The molecule has 2 heteroatoms. The molecule has 0 amide bonds. The molecule has 0 N–H and O–H groups in total. The molecule has 0 radical (unpaired) electrons. The summed E-state index contributed by atoms with van der Waals surface area (Å²) in [5.41, 5.74) is 1.34. The molecule has 12 heavy (non-hydrogen) atoms. The lowest BCUT2D eigenvalue weighted by molar-refractivity contribution is 0.743. The first-order valence-corrected chi connectivity index (χ1v) is 4.26. The van der Waals surface area contributed by atoms with Crippen LogP contribution < -0.4 is 0 Å². The fourth-order valence-electron chi connectivity index (χ4n) is 1.15. The predicted octanol–water partition coefficient (Wildman–Crippen LogP) is 2.78. The van der Waals surface area contributed by atoms with Gasteiger partial charge in [-0.15, -0.1) is 0 Å². The van der Waals surface area contributed by atoms with Crippen molar-refractivity contribution in [3.05, 3.63) is 40.8 Å². The molecule has 0 bridgehead atoms. The van der Waals surface area contributed by atoms with Crippen molar-refractivity contribution >= 4 is 0 Å². The molecule has 0 unspecified atom stereocenters. The fraction of sp³-hybridized carbons (Fsp3) is 0.400. The summed E-state index contributed by atoms with van der Waals surface area (Å²) in [7, 11) is 0. The highest BCUT2D eigenvalue weighted by Gasteiger charge is 1.91. The molecule has 1 aromatic carbocycles. The molecule has 0 aliphatic heterocycles. The minimum absolute atomic E-state index is 0.451. The normalized spacial score (nSPS) is 9.67. The fourth-order valence-corrected chi connectivity index (χ4v) is 1.15. The van der Waals surface area contributed by atoms with Crippen molar-refractivity contribution in [3.63, 3.8) is 0 Å². The Morgan fingerprint density at radius 1 is 1.08 bits per heavy atom. The largest absolute Gasteiger partial charge is 0.151 e. The van der Waals surface area contributed by atoms with Crippen LogP contribution in [0, 0.1) is 4.91 Å². The molecule has 0 aliphatic rings. The van der Waals surface area contributed by atoms with Gasteiger partial charge in [-0.1, -0.05) is 35.5 Å². The molecular formula is C10H13NO. The second-order valence-electron chi connectivity index (χ2n) is 2.80. The van der Waals surface area contributed by atoms with Gasteiger partial charge in [-0.2, -0.15) is 4.91 Å². The quantitative estimate of drug-likeness (QED) is 0.484. The van der Waals surface area contributed by atoms with Gasteiger partial charge >= 0.3 is 0 Å². The van der Waals surface area contributed by atoms with Crippen LogP contribution in [0.15, 0.2) is 35.5 Å². The van der Waals surface area contributed by atoms with E-state index in [1.165, 1.54) is 5.56 Å². The standard InChI is InChI=1S/C10H13NO/c12-11-9-5-4-8-10-6-2-1-3-7-10/h1-3,6-7H,4-5,8-9H2. The van der Waals surface area contributed by atoms with Crippen molar-refractivity contribution in [2.75, 3.05) is 6.54 Å². The summed E-state index contributed by atoms with van der Waals surface area (Å²) in [5, 5.41) is 2.82. The minimum Gasteiger partial charge on any atom is -0.151 e. The molecule has 0 spiro atoms. The van der Waals surface area contributed by atoms with Gasteiger partial charge in [-0.05, 0) is 24.8 Å². The summed E-state index contributed by atoms with van der Waals surface area (Å²) >= 11 is 0. The van der Waals surface area contributed by atoms with E-state index in [0.29, 0.717) is 6.54 Å². The average Bonchev–Trinajstić information content (AvgIpc) is 2.14. The van der Waals surface area contributed by atoms with Crippen molar-refractivity contribution in [3.8, 4) is 0 Å².